The molecule has 1 unspecified atom stereocenters. The van der Waals surface area contributed by atoms with Crippen molar-refractivity contribution < 1.29 is 4.39 Å². The quantitative estimate of drug-likeness (QED) is 0.659. The third kappa shape index (κ3) is 3.54. The van der Waals surface area contributed by atoms with Crippen molar-refractivity contribution in [3.63, 3.8) is 0 Å². The van der Waals surface area contributed by atoms with Crippen LogP contribution in [-0.2, 0) is 6.42 Å². The number of nitrogens with zero attached hydrogens (tertiary/aromatic N) is 3. The van der Waals surface area contributed by atoms with Gasteiger partial charge in [-0.15, -0.1) is 0 Å². The molecule has 0 amide bonds. The average molecular weight is 335 g/mol. The van der Waals surface area contributed by atoms with Crippen molar-refractivity contribution in [2.45, 2.75) is 32.2 Å². The van der Waals surface area contributed by atoms with Gasteiger partial charge >= 0.3 is 0 Å². The standard InChI is InChI=1S/C21H22FN3/c1-15-3-2-11-25(15)12-10-19-7-4-17-13-16(5-8-20(17)24-19)18-6-9-21(22)23-14-18/h4-9,13-15H,2-3,10-12H2,1H3. The molecule has 1 fully saturated rings. The summed E-state index contributed by atoms with van der Waals surface area (Å²) in [5.74, 6) is -0.455. The molecule has 2 aromatic heterocycles. The zero-order valence-corrected chi connectivity index (χ0v) is 14.5. The third-order valence-corrected chi connectivity index (χ3v) is 5.15. The van der Waals surface area contributed by atoms with Gasteiger partial charge in [-0.25, -0.2) is 4.98 Å². The monoisotopic (exact) mass is 335 g/mol. The summed E-state index contributed by atoms with van der Waals surface area (Å²) in [6.07, 6.45) is 5.18. The Balaban J connectivity index is 1.53. The molecule has 25 heavy (non-hydrogen) atoms. The Labute approximate surface area is 147 Å². The summed E-state index contributed by atoms with van der Waals surface area (Å²) in [5, 5.41) is 1.10. The van der Waals surface area contributed by atoms with E-state index >= 15 is 0 Å². The van der Waals surface area contributed by atoms with Gasteiger partial charge in [0.25, 0.3) is 0 Å². The lowest BCUT2D eigenvalue weighted by atomic mass is 10.0. The highest BCUT2D eigenvalue weighted by molar-refractivity contribution is 5.84. The zero-order valence-electron chi connectivity index (χ0n) is 14.5. The highest BCUT2D eigenvalue weighted by Crippen LogP contribution is 2.24. The van der Waals surface area contributed by atoms with Crippen LogP contribution in [-0.4, -0.2) is 34.0 Å². The summed E-state index contributed by atoms with van der Waals surface area (Å²) in [6, 6.07) is 14.2. The minimum Gasteiger partial charge on any atom is -0.300 e. The lowest BCUT2D eigenvalue weighted by molar-refractivity contribution is 0.271. The Hall–Kier alpha value is -2.33. The van der Waals surface area contributed by atoms with E-state index in [1.165, 1.54) is 25.5 Å². The molecule has 0 spiro atoms. The largest absolute Gasteiger partial charge is 0.300 e. The van der Waals surface area contributed by atoms with Crippen molar-refractivity contribution in [1.82, 2.24) is 14.9 Å². The second kappa shape index (κ2) is 6.89. The van der Waals surface area contributed by atoms with Gasteiger partial charge in [-0.2, -0.15) is 4.39 Å². The molecule has 1 atom stereocenters. The van der Waals surface area contributed by atoms with Gasteiger partial charge in [-0.3, -0.25) is 4.98 Å². The van der Waals surface area contributed by atoms with Crippen molar-refractivity contribution in [3.05, 3.63) is 60.3 Å². The van der Waals surface area contributed by atoms with Crippen molar-refractivity contribution in [1.29, 1.82) is 0 Å². The van der Waals surface area contributed by atoms with Crippen LogP contribution in [0, 0.1) is 5.95 Å². The number of hydrogen-bond donors (Lipinski definition) is 0. The lowest BCUT2D eigenvalue weighted by Crippen LogP contribution is -2.29. The highest BCUT2D eigenvalue weighted by atomic mass is 19.1. The summed E-state index contributed by atoms with van der Waals surface area (Å²) >= 11 is 0. The maximum absolute atomic E-state index is 13.0. The van der Waals surface area contributed by atoms with Crippen molar-refractivity contribution in [3.8, 4) is 11.1 Å². The number of halogens is 1. The van der Waals surface area contributed by atoms with E-state index in [1.807, 2.05) is 12.1 Å². The van der Waals surface area contributed by atoms with Gasteiger partial charge in [0, 0.05) is 41.8 Å². The first kappa shape index (κ1) is 16.2. The van der Waals surface area contributed by atoms with E-state index in [9.17, 15) is 4.39 Å². The number of hydrogen-bond acceptors (Lipinski definition) is 3. The fraction of sp³-hybridized carbons (Fsp3) is 0.333. The van der Waals surface area contributed by atoms with Gasteiger partial charge in [-0.1, -0.05) is 12.1 Å². The zero-order chi connectivity index (χ0) is 17.2. The summed E-state index contributed by atoms with van der Waals surface area (Å²) < 4.78 is 13.0. The molecule has 1 aromatic carbocycles. The summed E-state index contributed by atoms with van der Waals surface area (Å²) in [4.78, 5) is 11.1. The van der Waals surface area contributed by atoms with Crippen LogP contribution < -0.4 is 0 Å². The van der Waals surface area contributed by atoms with E-state index in [0.29, 0.717) is 6.04 Å². The first-order valence-electron chi connectivity index (χ1n) is 8.95. The van der Waals surface area contributed by atoms with E-state index in [1.54, 1.807) is 12.3 Å². The predicted molar refractivity (Wildman–Crippen MR) is 98.9 cm³/mol. The molecule has 1 saturated heterocycles. The maximum Gasteiger partial charge on any atom is 0.212 e. The van der Waals surface area contributed by atoms with Crippen LogP contribution in [0.4, 0.5) is 4.39 Å². The van der Waals surface area contributed by atoms with E-state index in [4.69, 9.17) is 4.98 Å². The maximum atomic E-state index is 13.0. The topological polar surface area (TPSA) is 29.0 Å². The molecule has 4 rings (SSSR count). The van der Waals surface area contributed by atoms with E-state index in [0.717, 1.165) is 40.7 Å². The number of fused-ring (bicyclic) bond motifs is 1. The second-order valence-corrected chi connectivity index (χ2v) is 6.86. The molecule has 0 aliphatic carbocycles. The molecular formula is C21H22FN3. The van der Waals surface area contributed by atoms with E-state index in [2.05, 4.69) is 35.0 Å². The number of likely N-dealkylation sites (tertiary alicyclic amines) is 1. The third-order valence-electron chi connectivity index (χ3n) is 5.15. The first-order chi connectivity index (χ1) is 12.2. The SMILES string of the molecule is CC1CCCN1CCc1ccc2cc(-c3ccc(F)nc3)ccc2n1. The fourth-order valence-electron chi connectivity index (χ4n) is 3.62. The molecule has 4 heteroatoms. The molecule has 0 saturated carbocycles. The Morgan fingerprint density at radius 1 is 1.12 bits per heavy atom. The van der Waals surface area contributed by atoms with Crippen LogP contribution in [0.3, 0.4) is 0 Å². The number of aromatic nitrogens is 2. The number of pyridine rings is 2. The van der Waals surface area contributed by atoms with Crippen LogP contribution in [0.25, 0.3) is 22.0 Å². The van der Waals surface area contributed by atoms with Gasteiger partial charge in [0.1, 0.15) is 0 Å². The first-order valence-corrected chi connectivity index (χ1v) is 8.95. The molecule has 128 valence electrons. The van der Waals surface area contributed by atoms with Gasteiger partial charge in [0.2, 0.25) is 5.95 Å². The van der Waals surface area contributed by atoms with Crippen molar-refractivity contribution in [2.75, 3.05) is 13.1 Å². The van der Waals surface area contributed by atoms with Gasteiger partial charge in [-0.05, 0) is 62.2 Å². The number of rotatable bonds is 4. The predicted octanol–water partition coefficient (Wildman–Crippen LogP) is 4.46. The normalized spacial score (nSPS) is 18.1. The molecule has 3 heterocycles. The Bertz CT molecular complexity index is 876. The molecule has 1 aliphatic heterocycles. The van der Waals surface area contributed by atoms with E-state index in [-0.39, 0.29) is 0 Å². The van der Waals surface area contributed by atoms with Crippen LogP contribution in [0.2, 0.25) is 0 Å². The Kier molecular flexibility index (Phi) is 4.45. The Morgan fingerprint density at radius 3 is 2.76 bits per heavy atom. The minimum atomic E-state index is -0.455. The van der Waals surface area contributed by atoms with Gasteiger partial charge in [0.15, 0.2) is 0 Å². The molecular weight excluding hydrogens is 313 g/mol. The highest BCUT2D eigenvalue weighted by Gasteiger charge is 2.19. The molecule has 3 aromatic rings. The van der Waals surface area contributed by atoms with Crippen molar-refractivity contribution in [2.24, 2.45) is 0 Å². The van der Waals surface area contributed by atoms with Gasteiger partial charge in [0.05, 0.1) is 5.52 Å². The fourth-order valence-corrected chi connectivity index (χ4v) is 3.62. The molecule has 0 radical (unpaired) electrons. The van der Waals surface area contributed by atoms with Crippen LogP contribution in [0.5, 0.6) is 0 Å². The van der Waals surface area contributed by atoms with Crippen LogP contribution in [0.1, 0.15) is 25.5 Å². The molecule has 0 N–H and O–H groups in total. The molecule has 1 aliphatic rings. The number of benzene rings is 1. The summed E-state index contributed by atoms with van der Waals surface area (Å²) in [7, 11) is 0. The average Bonchev–Trinajstić information content (AvgIpc) is 3.05. The summed E-state index contributed by atoms with van der Waals surface area (Å²) in [6.45, 7) is 4.61. The lowest BCUT2D eigenvalue weighted by Gasteiger charge is -2.20. The Morgan fingerprint density at radius 2 is 2.00 bits per heavy atom. The second-order valence-electron chi connectivity index (χ2n) is 6.86. The molecule has 3 nitrogen and oxygen atoms in total. The minimum absolute atomic E-state index is 0.455. The van der Waals surface area contributed by atoms with Crippen molar-refractivity contribution >= 4 is 10.9 Å². The molecule has 0 bridgehead atoms. The van der Waals surface area contributed by atoms with E-state index < -0.39 is 5.95 Å². The smallest absolute Gasteiger partial charge is 0.212 e. The van der Waals surface area contributed by atoms with Crippen LogP contribution >= 0.6 is 0 Å². The van der Waals surface area contributed by atoms with Crippen LogP contribution in [0.15, 0.2) is 48.7 Å². The summed E-state index contributed by atoms with van der Waals surface area (Å²) in [5.41, 5.74) is 4.09. The van der Waals surface area contributed by atoms with Gasteiger partial charge < -0.3 is 4.90 Å².